The van der Waals surface area contributed by atoms with Gasteiger partial charge in [0.15, 0.2) is 0 Å². The van der Waals surface area contributed by atoms with E-state index in [1.54, 1.807) is 0 Å². The molecule has 0 rings (SSSR count). The second-order valence-corrected chi connectivity index (χ2v) is 6.94. The normalized spacial score (nSPS) is 13.0. The van der Waals surface area contributed by atoms with Gasteiger partial charge in [-0.05, 0) is 11.8 Å². The first-order chi connectivity index (χ1) is 7.27. The van der Waals surface area contributed by atoms with Gasteiger partial charge in [0.2, 0.25) is 0 Å². The molecule has 0 amide bonds. The summed E-state index contributed by atoms with van der Waals surface area (Å²) >= 11 is 0. The summed E-state index contributed by atoms with van der Waals surface area (Å²) in [6.45, 7) is 6.60. The highest BCUT2D eigenvalue weighted by Gasteiger charge is 2.20. The van der Waals surface area contributed by atoms with Gasteiger partial charge in [-0.3, -0.25) is 4.18 Å². The zero-order valence-corrected chi connectivity index (χ0v) is 11.9. The fourth-order valence-corrected chi connectivity index (χ4v) is 2.08. The molecule has 0 unspecified atom stereocenters. The van der Waals surface area contributed by atoms with Crippen LogP contribution in [0.15, 0.2) is 0 Å². The largest absolute Gasteiger partial charge is 0.270 e. The zero-order chi connectivity index (χ0) is 12.7. The van der Waals surface area contributed by atoms with Crippen molar-refractivity contribution in [2.24, 2.45) is 5.41 Å². The highest BCUT2D eigenvalue weighted by molar-refractivity contribution is 7.85. The molecular weight excluding hydrogens is 224 g/mol. The number of hydrogen-bond acceptors (Lipinski definition) is 3. The zero-order valence-electron chi connectivity index (χ0n) is 11.1. The van der Waals surface area contributed by atoms with E-state index < -0.39 is 10.1 Å². The molecule has 0 aliphatic carbocycles. The molecule has 98 valence electrons. The van der Waals surface area contributed by atoms with Gasteiger partial charge in [-0.15, -0.1) is 0 Å². The van der Waals surface area contributed by atoms with Crippen molar-refractivity contribution in [3.8, 4) is 0 Å². The second-order valence-electron chi connectivity index (χ2n) is 5.29. The Morgan fingerprint density at radius 2 is 1.62 bits per heavy atom. The van der Waals surface area contributed by atoms with Crippen LogP contribution in [0.4, 0.5) is 0 Å². The molecule has 16 heavy (non-hydrogen) atoms. The van der Waals surface area contributed by atoms with E-state index in [-0.39, 0.29) is 5.41 Å². The first kappa shape index (κ1) is 15.9. The Balaban J connectivity index is 3.70. The Hall–Kier alpha value is -0.0900. The van der Waals surface area contributed by atoms with E-state index in [1.165, 1.54) is 25.7 Å². The predicted molar refractivity (Wildman–Crippen MR) is 68.0 cm³/mol. The molecule has 0 aliphatic heterocycles. The lowest BCUT2D eigenvalue weighted by atomic mass is 9.88. The minimum Gasteiger partial charge on any atom is -0.270 e. The van der Waals surface area contributed by atoms with Crippen LogP contribution < -0.4 is 0 Å². The van der Waals surface area contributed by atoms with Gasteiger partial charge in [-0.1, -0.05) is 52.9 Å². The number of unbranched alkanes of at least 4 members (excludes halogenated alkanes) is 4. The summed E-state index contributed by atoms with van der Waals surface area (Å²) in [5, 5.41) is 0. The summed E-state index contributed by atoms with van der Waals surface area (Å²) in [7, 11) is -3.30. The van der Waals surface area contributed by atoms with Gasteiger partial charge in [0.05, 0.1) is 12.9 Å². The fraction of sp³-hybridized carbons (Fsp3) is 1.00. The molecule has 0 fully saturated rings. The molecule has 0 spiro atoms. The van der Waals surface area contributed by atoms with Crippen LogP contribution in [-0.4, -0.2) is 21.3 Å². The maximum Gasteiger partial charge on any atom is 0.264 e. The lowest BCUT2D eigenvalue weighted by molar-refractivity contribution is 0.172. The molecule has 0 atom stereocenters. The van der Waals surface area contributed by atoms with Gasteiger partial charge in [0.1, 0.15) is 0 Å². The third-order valence-electron chi connectivity index (χ3n) is 2.62. The minimum atomic E-state index is -3.30. The van der Waals surface area contributed by atoms with Crippen molar-refractivity contribution in [3.63, 3.8) is 0 Å². The van der Waals surface area contributed by atoms with Crippen molar-refractivity contribution in [1.82, 2.24) is 0 Å². The van der Waals surface area contributed by atoms with Gasteiger partial charge >= 0.3 is 0 Å². The van der Waals surface area contributed by atoms with E-state index in [1.807, 2.05) is 0 Å². The Morgan fingerprint density at radius 3 is 2.12 bits per heavy atom. The van der Waals surface area contributed by atoms with Crippen LogP contribution in [0.3, 0.4) is 0 Å². The Kier molecular flexibility index (Phi) is 7.24. The summed E-state index contributed by atoms with van der Waals surface area (Å²) < 4.78 is 26.6. The van der Waals surface area contributed by atoms with Crippen molar-refractivity contribution in [3.05, 3.63) is 0 Å². The van der Waals surface area contributed by atoms with Crippen LogP contribution >= 0.6 is 0 Å². The lowest BCUT2D eigenvalue weighted by Crippen LogP contribution is -2.21. The Bertz CT molecular complexity index is 268. The molecule has 0 aromatic heterocycles. The quantitative estimate of drug-likeness (QED) is 0.465. The van der Waals surface area contributed by atoms with Crippen LogP contribution in [0.2, 0.25) is 0 Å². The smallest absolute Gasteiger partial charge is 0.264 e. The molecule has 0 aromatic rings. The van der Waals surface area contributed by atoms with Crippen molar-refractivity contribution >= 4 is 10.1 Å². The predicted octanol–water partition coefficient (Wildman–Crippen LogP) is 3.35. The van der Waals surface area contributed by atoms with E-state index in [0.29, 0.717) is 6.61 Å². The maximum absolute atomic E-state index is 10.9. The maximum atomic E-state index is 10.9. The van der Waals surface area contributed by atoms with E-state index in [9.17, 15) is 8.42 Å². The van der Waals surface area contributed by atoms with E-state index in [2.05, 4.69) is 20.8 Å². The summed E-state index contributed by atoms with van der Waals surface area (Å²) in [4.78, 5) is 0. The van der Waals surface area contributed by atoms with Gasteiger partial charge in [0.25, 0.3) is 10.1 Å². The molecule has 0 saturated heterocycles. The molecule has 0 heterocycles. The highest BCUT2D eigenvalue weighted by atomic mass is 32.2. The summed E-state index contributed by atoms with van der Waals surface area (Å²) in [6.07, 6.45) is 8.33. The first-order valence-corrected chi connectivity index (χ1v) is 7.93. The van der Waals surface area contributed by atoms with E-state index in [4.69, 9.17) is 4.18 Å². The van der Waals surface area contributed by atoms with Crippen LogP contribution in [-0.2, 0) is 14.3 Å². The minimum absolute atomic E-state index is 0.0463. The molecular formula is C12H26O3S. The molecule has 0 radical (unpaired) electrons. The topological polar surface area (TPSA) is 43.4 Å². The summed E-state index contributed by atoms with van der Waals surface area (Å²) in [5.41, 5.74) is -0.0463. The molecule has 0 aliphatic rings. The highest BCUT2D eigenvalue weighted by Crippen LogP contribution is 2.24. The van der Waals surface area contributed by atoms with Gasteiger partial charge in [0, 0.05) is 0 Å². The van der Waals surface area contributed by atoms with Crippen LogP contribution in [0, 0.1) is 5.41 Å². The van der Waals surface area contributed by atoms with E-state index >= 15 is 0 Å². The number of hydrogen-bond donors (Lipinski definition) is 0. The van der Waals surface area contributed by atoms with E-state index in [0.717, 1.165) is 19.1 Å². The van der Waals surface area contributed by atoms with Crippen LogP contribution in [0.5, 0.6) is 0 Å². The van der Waals surface area contributed by atoms with Crippen molar-refractivity contribution in [2.75, 3.05) is 12.9 Å². The van der Waals surface area contributed by atoms with Crippen molar-refractivity contribution < 1.29 is 12.6 Å². The lowest BCUT2D eigenvalue weighted by Gasteiger charge is -2.23. The van der Waals surface area contributed by atoms with Crippen molar-refractivity contribution in [2.45, 2.75) is 59.3 Å². The number of rotatable bonds is 9. The molecule has 3 nitrogen and oxygen atoms in total. The SMILES string of the molecule is CCCCCCCC(C)(C)COS(C)(=O)=O. The first-order valence-electron chi connectivity index (χ1n) is 6.11. The summed E-state index contributed by atoms with van der Waals surface area (Å²) in [6, 6.07) is 0. The fourth-order valence-electron chi connectivity index (χ4n) is 1.55. The molecule has 4 heteroatoms. The molecule has 0 aromatic carbocycles. The summed E-state index contributed by atoms with van der Waals surface area (Å²) in [5.74, 6) is 0. The average Bonchev–Trinajstić information content (AvgIpc) is 2.14. The van der Waals surface area contributed by atoms with Gasteiger partial charge in [-0.25, -0.2) is 0 Å². The molecule has 0 N–H and O–H groups in total. The van der Waals surface area contributed by atoms with Gasteiger partial charge in [-0.2, -0.15) is 8.42 Å². The van der Waals surface area contributed by atoms with Crippen LogP contribution in [0.25, 0.3) is 0 Å². The average molecular weight is 250 g/mol. The monoisotopic (exact) mass is 250 g/mol. The second kappa shape index (κ2) is 7.28. The molecule has 0 saturated carbocycles. The third kappa shape index (κ3) is 10.4. The Labute approximate surface area is 101 Å². The van der Waals surface area contributed by atoms with Crippen molar-refractivity contribution in [1.29, 1.82) is 0 Å². The van der Waals surface area contributed by atoms with Crippen LogP contribution in [0.1, 0.15) is 59.3 Å². The standard InChI is InChI=1S/C12H26O3S/c1-5-6-7-8-9-10-12(2,3)11-15-16(4,13)14/h5-11H2,1-4H3. The Morgan fingerprint density at radius 1 is 1.06 bits per heavy atom. The van der Waals surface area contributed by atoms with Gasteiger partial charge < -0.3 is 0 Å². The third-order valence-corrected chi connectivity index (χ3v) is 3.17. The molecule has 0 bridgehead atoms.